The maximum atomic E-state index is 11.4. The monoisotopic (exact) mass is 295 g/mol. The fourth-order valence-electron chi connectivity index (χ4n) is 2.37. The fraction of sp³-hybridized carbons (Fsp3) is 0.0625. The summed E-state index contributed by atoms with van der Waals surface area (Å²) in [5.41, 5.74) is 7.41. The lowest BCUT2D eigenvalue weighted by Crippen LogP contribution is -2.02. The van der Waals surface area contributed by atoms with Crippen LogP contribution in [0.2, 0.25) is 0 Å². The van der Waals surface area contributed by atoms with E-state index in [1.165, 1.54) is 0 Å². The van der Waals surface area contributed by atoms with E-state index in [1.54, 1.807) is 49.6 Å². The second kappa shape index (κ2) is 5.33. The number of fused-ring (bicyclic) bond motifs is 1. The van der Waals surface area contributed by atoms with Crippen LogP contribution in [0.15, 0.2) is 48.5 Å². The highest BCUT2D eigenvalue weighted by molar-refractivity contribution is 5.99. The van der Waals surface area contributed by atoms with E-state index in [2.05, 4.69) is 4.98 Å². The van der Waals surface area contributed by atoms with Crippen LogP contribution in [0.5, 0.6) is 5.75 Å². The molecular weight excluding hydrogens is 282 g/mol. The van der Waals surface area contributed by atoms with E-state index >= 15 is 0 Å². The number of methoxy groups -OCH3 is 1. The molecule has 0 unspecified atom stereocenters. The highest BCUT2D eigenvalue weighted by Crippen LogP contribution is 2.38. The fourth-order valence-corrected chi connectivity index (χ4v) is 2.37. The van der Waals surface area contributed by atoms with Crippen LogP contribution < -0.4 is 10.5 Å². The van der Waals surface area contributed by atoms with Gasteiger partial charge < -0.3 is 10.5 Å². The summed E-state index contributed by atoms with van der Waals surface area (Å²) in [4.78, 5) is 15.4. The number of ether oxygens (including phenoxy) is 1. The van der Waals surface area contributed by atoms with Crippen molar-refractivity contribution in [2.24, 2.45) is 0 Å². The lowest BCUT2D eigenvalue weighted by atomic mass is 10.1. The van der Waals surface area contributed by atoms with Crippen LogP contribution in [0.3, 0.4) is 0 Å². The van der Waals surface area contributed by atoms with E-state index in [0.29, 0.717) is 22.2 Å². The highest BCUT2D eigenvalue weighted by atomic mass is 16.6. The number of benzene rings is 2. The van der Waals surface area contributed by atoms with Crippen molar-refractivity contribution in [2.45, 2.75) is 0 Å². The predicted octanol–water partition coefficient (Wildman–Crippen LogP) is 3.40. The first-order chi connectivity index (χ1) is 10.6. The Hall–Kier alpha value is -3.15. The number of nitrogens with zero attached hydrogens (tertiary/aromatic N) is 2. The molecule has 2 N–H and O–H groups in total. The van der Waals surface area contributed by atoms with E-state index < -0.39 is 4.92 Å². The van der Waals surface area contributed by atoms with Gasteiger partial charge in [0.25, 0.3) is 0 Å². The summed E-state index contributed by atoms with van der Waals surface area (Å²) in [7, 11) is 1.55. The summed E-state index contributed by atoms with van der Waals surface area (Å²) >= 11 is 0. The Morgan fingerprint density at radius 2 is 1.91 bits per heavy atom. The molecule has 0 aliphatic carbocycles. The summed E-state index contributed by atoms with van der Waals surface area (Å²) in [6, 6.07) is 14.1. The van der Waals surface area contributed by atoms with Crippen molar-refractivity contribution in [2.75, 3.05) is 12.8 Å². The van der Waals surface area contributed by atoms with Crippen molar-refractivity contribution in [3.63, 3.8) is 0 Å². The Morgan fingerprint density at radius 3 is 2.55 bits per heavy atom. The zero-order valence-electron chi connectivity index (χ0n) is 11.8. The van der Waals surface area contributed by atoms with E-state index in [-0.39, 0.29) is 17.1 Å². The first kappa shape index (κ1) is 13.8. The van der Waals surface area contributed by atoms with Gasteiger partial charge in [-0.05, 0) is 12.1 Å². The molecule has 2 aromatic carbocycles. The number of anilines is 1. The second-order valence-electron chi connectivity index (χ2n) is 4.73. The van der Waals surface area contributed by atoms with Gasteiger partial charge in [-0.15, -0.1) is 0 Å². The highest BCUT2D eigenvalue weighted by Gasteiger charge is 2.24. The zero-order valence-corrected chi connectivity index (χ0v) is 11.8. The van der Waals surface area contributed by atoms with Gasteiger partial charge in [0.05, 0.1) is 17.5 Å². The maximum absolute atomic E-state index is 11.4. The first-order valence-corrected chi connectivity index (χ1v) is 6.59. The third-order valence-electron chi connectivity index (χ3n) is 3.44. The zero-order chi connectivity index (χ0) is 15.7. The molecule has 1 heterocycles. The normalized spacial score (nSPS) is 10.6. The minimum Gasteiger partial charge on any atom is -0.497 e. The van der Waals surface area contributed by atoms with Crippen molar-refractivity contribution in [1.29, 1.82) is 0 Å². The number of aromatic nitrogens is 1. The molecular formula is C16H13N3O3. The van der Waals surface area contributed by atoms with Crippen LogP contribution >= 0.6 is 0 Å². The Morgan fingerprint density at radius 1 is 1.18 bits per heavy atom. The van der Waals surface area contributed by atoms with Gasteiger partial charge in [-0.2, -0.15) is 0 Å². The van der Waals surface area contributed by atoms with Gasteiger partial charge >= 0.3 is 5.69 Å². The molecule has 3 aromatic rings. The molecule has 0 aliphatic rings. The standard InChI is InChI=1S/C16H13N3O3/c1-22-11-7-8-12-13(9-11)18-15(10-5-3-2-4-6-10)16(14(12)17)19(20)21/h2-9H,1H3,(H2,17,18). The van der Waals surface area contributed by atoms with Gasteiger partial charge in [0.1, 0.15) is 11.4 Å². The minimum absolute atomic E-state index is 0.108. The Bertz CT molecular complexity index is 863. The molecule has 0 amide bonds. The van der Waals surface area contributed by atoms with Gasteiger partial charge in [-0.25, -0.2) is 4.98 Å². The number of nitro groups is 1. The van der Waals surface area contributed by atoms with Gasteiger partial charge in [0.15, 0.2) is 5.69 Å². The van der Waals surface area contributed by atoms with Crippen LogP contribution in [-0.2, 0) is 0 Å². The molecule has 0 atom stereocenters. The molecule has 0 saturated heterocycles. The van der Waals surface area contributed by atoms with E-state index in [1.807, 2.05) is 6.07 Å². The number of pyridine rings is 1. The molecule has 6 heteroatoms. The summed E-state index contributed by atoms with van der Waals surface area (Å²) in [5, 5.41) is 12.0. The molecule has 1 aromatic heterocycles. The molecule has 3 rings (SSSR count). The van der Waals surface area contributed by atoms with Gasteiger partial charge in [0, 0.05) is 17.0 Å². The lowest BCUT2D eigenvalue weighted by Gasteiger charge is -2.09. The van der Waals surface area contributed by atoms with Crippen LogP contribution in [0.4, 0.5) is 11.4 Å². The summed E-state index contributed by atoms with van der Waals surface area (Å²) in [6.45, 7) is 0. The lowest BCUT2D eigenvalue weighted by molar-refractivity contribution is -0.383. The molecule has 0 fully saturated rings. The Kier molecular flexibility index (Phi) is 3.34. The third kappa shape index (κ3) is 2.20. The number of nitrogen functional groups attached to an aromatic ring is 1. The predicted molar refractivity (Wildman–Crippen MR) is 84.8 cm³/mol. The number of rotatable bonds is 3. The molecule has 110 valence electrons. The van der Waals surface area contributed by atoms with Crippen molar-refractivity contribution in [3.05, 3.63) is 58.6 Å². The second-order valence-corrected chi connectivity index (χ2v) is 4.73. The van der Waals surface area contributed by atoms with Gasteiger partial charge in [-0.3, -0.25) is 10.1 Å². The smallest absolute Gasteiger partial charge is 0.318 e. The topological polar surface area (TPSA) is 91.3 Å². The molecule has 0 bridgehead atoms. The quantitative estimate of drug-likeness (QED) is 0.590. The van der Waals surface area contributed by atoms with Crippen LogP contribution in [0, 0.1) is 10.1 Å². The molecule has 0 aliphatic heterocycles. The minimum atomic E-state index is -0.492. The molecule has 6 nitrogen and oxygen atoms in total. The average Bonchev–Trinajstić information content (AvgIpc) is 2.54. The maximum Gasteiger partial charge on any atom is 0.318 e. The first-order valence-electron chi connectivity index (χ1n) is 6.59. The van der Waals surface area contributed by atoms with Crippen molar-refractivity contribution in [1.82, 2.24) is 4.98 Å². The Balaban J connectivity index is 2.38. The molecule has 22 heavy (non-hydrogen) atoms. The summed E-state index contributed by atoms with van der Waals surface area (Å²) in [6.07, 6.45) is 0. The van der Waals surface area contributed by atoms with Crippen molar-refractivity contribution >= 4 is 22.3 Å². The van der Waals surface area contributed by atoms with Crippen LogP contribution in [0.1, 0.15) is 0 Å². The van der Waals surface area contributed by atoms with E-state index in [0.717, 1.165) is 0 Å². The number of nitrogens with two attached hydrogens (primary N) is 1. The molecule has 0 radical (unpaired) electrons. The summed E-state index contributed by atoms with van der Waals surface area (Å²) in [5.74, 6) is 0.618. The number of hydrogen-bond acceptors (Lipinski definition) is 5. The largest absolute Gasteiger partial charge is 0.497 e. The van der Waals surface area contributed by atoms with Gasteiger partial charge in [0.2, 0.25) is 0 Å². The van der Waals surface area contributed by atoms with Crippen molar-refractivity contribution in [3.8, 4) is 17.0 Å². The number of hydrogen-bond donors (Lipinski definition) is 1. The SMILES string of the molecule is COc1ccc2c(N)c([N+](=O)[O-])c(-c3ccccc3)nc2c1. The van der Waals surface area contributed by atoms with Gasteiger partial charge in [-0.1, -0.05) is 30.3 Å². The van der Waals surface area contributed by atoms with E-state index in [4.69, 9.17) is 10.5 Å². The van der Waals surface area contributed by atoms with Crippen LogP contribution in [0.25, 0.3) is 22.2 Å². The summed E-state index contributed by atoms with van der Waals surface area (Å²) < 4.78 is 5.17. The van der Waals surface area contributed by atoms with Crippen molar-refractivity contribution < 1.29 is 9.66 Å². The Labute approximate surface area is 126 Å². The molecule has 0 spiro atoms. The average molecular weight is 295 g/mol. The van der Waals surface area contributed by atoms with Crippen LogP contribution in [-0.4, -0.2) is 17.0 Å². The van der Waals surface area contributed by atoms with E-state index in [9.17, 15) is 10.1 Å². The molecule has 0 saturated carbocycles. The third-order valence-corrected chi connectivity index (χ3v) is 3.44.